The second-order valence-electron chi connectivity index (χ2n) is 3.17. The second kappa shape index (κ2) is 6.85. The number of aliphatic imine (C=N–C) groups is 1. The smallest absolute Gasteiger partial charge is 0.309 e. The molecule has 0 amide bonds. The lowest BCUT2D eigenvalue weighted by Gasteiger charge is -2.00. The van der Waals surface area contributed by atoms with Gasteiger partial charge in [0.25, 0.3) is 0 Å². The zero-order chi connectivity index (χ0) is 11.3. The number of nitrogens with zero attached hydrogens (tertiary/aromatic N) is 1. The average Bonchev–Trinajstić information content (AvgIpc) is 2.20. The van der Waals surface area contributed by atoms with E-state index in [9.17, 15) is 4.79 Å². The summed E-state index contributed by atoms with van der Waals surface area (Å²) in [4.78, 5) is 15.1. The third-order valence-electron chi connectivity index (χ3n) is 1.82. The highest BCUT2D eigenvalue weighted by Gasteiger charge is 2.01. The maximum atomic E-state index is 11.0. The highest BCUT2D eigenvalue weighted by Crippen LogP contribution is 2.13. The standard InChI is InChI=1S/C11H14N2O2.ClH/c1-8(12)13-10-5-3-9(4-6-10)7-11(14)15-2;/h3-6H,7H2,1-2H3,(H2,12,13);1H. The molecule has 0 aromatic heterocycles. The summed E-state index contributed by atoms with van der Waals surface area (Å²) >= 11 is 0. The molecule has 0 atom stereocenters. The molecule has 0 spiro atoms. The second-order valence-corrected chi connectivity index (χ2v) is 3.17. The van der Waals surface area contributed by atoms with Crippen molar-refractivity contribution >= 4 is 29.9 Å². The summed E-state index contributed by atoms with van der Waals surface area (Å²) < 4.78 is 4.56. The monoisotopic (exact) mass is 242 g/mol. The van der Waals surface area contributed by atoms with Crippen molar-refractivity contribution in [3.63, 3.8) is 0 Å². The van der Waals surface area contributed by atoms with E-state index >= 15 is 0 Å². The zero-order valence-electron chi connectivity index (χ0n) is 9.27. The maximum Gasteiger partial charge on any atom is 0.309 e. The number of methoxy groups -OCH3 is 1. The Morgan fingerprint density at radius 1 is 1.38 bits per heavy atom. The first-order chi connectivity index (χ1) is 7.11. The van der Waals surface area contributed by atoms with E-state index in [1.54, 1.807) is 6.92 Å². The fourth-order valence-corrected chi connectivity index (χ4v) is 1.13. The third kappa shape index (κ3) is 4.79. The van der Waals surface area contributed by atoms with Crippen LogP contribution in [-0.2, 0) is 16.0 Å². The molecular formula is C11H15ClN2O2. The summed E-state index contributed by atoms with van der Waals surface area (Å²) in [7, 11) is 1.37. The number of carbonyl (C=O) groups is 1. The van der Waals surface area contributed by atoms with Crippen LogP contribution in [0.4, 0.5) is 5.69 Å². The Morgan fingerprint density at radius 2 is 1.94 bits per heavy atom. The van der Waals surface area contributed by atoms with E-state index in [1.165, 1.54) is 7.11 Å². The van der Waals surface area contributed by atoms with Crippen LogP contribution >= 0.6 is 12.4 Å². The molecule has 16 heavy (non-hydrogen) atoms. The van der Waals surface area contributed by atoms with E-state index < -0.39 is 0 Å². The van der Waals surface area contributed by atoms with E-state index in [0.717, 1.165) is 11.3 Å². The molecule has 1 aromatic rings. The quantitative estimate of drug-likeness (QED) is 0.500. The van der Waals surface area contributed by atoms with E-state index in [0.29, 0.717) is 5.84 Å². The molecule has 0 aliphatic heterocycles. The van der Waals surface area contributed by atoms with Gasteiger partial charge in [0, 0.05) is 0 Å². The van der Waals surface area contributed by atoms with Crippen LogP contribution in [0.3, 0.4) is 0 Å². The van der Waals surface area contributed by atoms with Crippen molar-refractivity contribution in [2.45, 2.75) is 13.3 Å². The molecule has 5 heteroatoms. The van der Waals surface area contributed by atoms with Crippen molar-refractivity contribution in [1.29, 1.82) is 0 Å². The molecule has 0 fully saturated rings. The van der Waals surface area contributed by atoms with Crippen molar-refractivity contribution in [1.82, 2.24) is 0 Å². The van der Waals surface area contributed by atoms with Crippen molar-refractivity contribution < 1.29 is 9.53 Å². The lowest BCUT2D eigenvalue weighted by atomic mass is 10.1. The van der Waals surface area contributed by atoms with E-state index in [-0.39, 0.29) is 24.8 Å². The van der Waals surface area contributed by atoms with Gasteiger partial charge in [-0.25, -0.2) is 4.99 Å². The van der Waals surface area contributed by atoms with Gasteiger partial charge in [-0.2, -0.15) is 0 Å². The lowest BCUT2D eigenvalue weighted by Crippen LogP contribution is -2.04. The summed E-state index contributed by atoms with van der Waals surface area (Å²) in [5.74, 6) is 0.261. The third-order valence-corrected chi connectivity index (χ3v) is 1.82. The van der Waals surface area contributed by atoms with Crippen molar-refractivity contribution in [2.75, 3.05) is 7.11 Å². The van der Waals surface area contributed by atoms with Gasteiger partial charge in [-0.15, -0.1) is 12.4 Å². The zero-order valence-corrected chi connectivity index (χ0v) is 10.1. The molecule has 1 aromatic carbocycles. The van der Waals surface area contributed by atoms with Crippen LogP contribution in [0, 0.1) is 0 Å². The lowest BCUT2D eigenvalue weighted by molar-refractivity contribution is -0.139. The predicted molar refractivity (Wildman–Crippen MR) is 66.4 cm³/mol. The molecule has 0 radical (unpaired) electrons. The number of amidine groups is 1. The number of esters is 1. The van der Waals surface area contributed by atoms with Gasteiger partial charge in [0.1, 0.15) is 0 Å². The fraction of sp³-hybridized carbons (Fsp3) is 0.273. The Morgan fingerprint density at radius 3 is 2.38 bits per heavy atom. The van der Waals surface area contributed by atoms with Gasteiger partial charge in [-0.3, -0.25) is 4.79 Å². The average molecular weight is 243 g/mol. The van der Waals surface area contributed by atoms with Crippen molar-refractivity contribution in [3.05, 3.63) is 29.8 Å². The van der Waals surface area contributed by atoms with Gasteiger partial charge in [-0.05, 0) is 24.6 Å². The number of hydrogen-bond acceptors (Lipinski definition) is 3. The van der Waals surface area contributed by atoms with Gasteiger partial charge in [0.05, 0.1) is 25.1 Å². The molecule has 0 aliphatic carbocycles. The normalized spacial score (nSPS) is 10.5. The minimum Gasteiger partial charge on any atom is -0.469 e. The minimum absolute atomic E-state index is 0. The van der Waals surface area contributed by atoms with E-state index in [4.69, 9.17) is 5.73 Å². The van der Waals surface area contributed by atoms with Crippen LogP contribution < -0.4 is 5.73 Å². The topological polar surface area (TPSA) is 64.7 Å². The number of ether oxygens (including phenoxy) is 1. The van der Waals surface area contributed by atoms with Crippen molar-refractivity contribution in [2.24, 2.45) is 10.7 Å². The summed E-state index contributed by atoms with van der Waals surface area (Å²) in [6.45, 7) is 1.72. The maximum absolute atomic E-state index is 11.0. The summed E-state index contributed by atoms with van der Waals surface area (Å²) in [5, 5.41) is 0. The fourth-order valence-electron chi connectivity index (χ4n) is 1.13. The number of rotatable bonds is 3. The minimum atomic E-state index is -0.249. The van der Waals surface area contributed by atoms with Gasteiger partial charge in [0.15, 0.2) is 0 Å². The molecule has 0 saturated heterocycles. The highest BCUT2D eigenvalue weighted by molar-refractivity contribution is 5.85. The molecule has 0 unspecified atom stereocenters. The van der Waals surface area contributed by atoms with Crippen LogP contribution in [0.25, 0.3) is 0 Å². The Bertz CT molecular complexity index is 370. The van der Waals surface area contributed by atoms with Gasteiger partial charge >= 0.3 is 5.97 Å². The van der Waals surface area contributed by atoms with Gasteiger partial charge < -0.3 is 10.5 Å². The number of nitrogens with two attached hydrogens (primary N) is 1. The Hall–Kier alpha value is -1.55. The number of benzene rings is 1. The molecule has 0 bridgehead atoms. The highest BCUT2D eigenvalue weighted by atomic mass is 35.5. The molecule has 0 aliphatic rings. The van der Waals surface area contributed by atoms with Crippen LogP contribution in [0.1, 0.15) is 12.5 Å². The molecule has 2 N–H and O–H groups in total. The summed E-state index contributed by atoms with van der Waals surface area (Å²) in [6, 6.07) is 7.29. The molecular weight excluding hydrogens is 228 g/mol. The largest absolute Gasteiger partial charge is 0.469 e. The van der Waals surface area contributed by atoms with Gasteiger partial charge in [0.2, 0.25) is 0 Å². The first-order valence-electron chi connectivity index (χ1n) is 4.58. The van der Waals surface area contributed by atoms with Gasteiger partial charge in [-0.1, -0.05) is 12.1 Å². The molecule has 4 nitrogen and oxygen atoms in total. The molecule has 0 heterocycles. The first kappa shape index (κ1) is 14.5. The number of carbonyl (C=O) groups excluding carboxylic acids is 1. The Kier molecular flexibility index (Phi) is 6.18. The molecule has 0 saturated carbocycles. The van der Waals surface area contributed by atoms with E-state index in [1.807, 2.05) is 24.3 Å². The van der Waals surface area contributed by atoms with Crippen LogP contribution in [0.15, 0.2) is 29.3 Å². The Balaban J connectivity index is 0.00000225. The SMILES string of the molecule is COC(=O)Cc1ccc(N=C(C)N)cc1.Cl. The Labute approximate surface area is 101 Å². The number of hydrogen-bond donors (Lipinski definition) is 1. The van der Waals surface area contributed by atoms with Crippen LogP contribution in [0.2, 0.25) is 0 Å². The van der Waals surface area contributed by atoms with Crippen LogP contribution in [0.5, 0.6) is 0 Å². The summed E-state index contributed by atoms with van der Waals surface area (Å²) in [6.07, 6.45) is 0.280. The van der Waals surface area contributed by atoms with E-state index in [2.05, 4.69) is 9.73 Å². The molecule has 1 rings (SSSR count). The summed E-state index contributed by atoms with van der Waals surface area (Å²) in [5.41, 5.74) is 7.12. The molecule has 88 valence electrons. The van der Waals surface area contributed by atoms with Crippen molar-refractivity contribution in [3.8, 4) is 0 Å². The first-order valence-corrected chi connectivity index (χ1v) is 4.58. The number of halogens is 1. The predicted octanol–water partition coefficient (Wildman–Crippen LogP) is 1.83. The van der Waals surface area contributed by atoms with Crippen LogP contribution in [-0.4, -0.2) is 18.9 Å².